The number of nitriles is 1. The van der Waals surface area contributed by atoms with E-state index in [1.165, 1.54) is 12.8 Å². The fourth-order valence-corrected chi connectivity index (χ4v) is 3.25. The maximum Gasteiger partial charge on any atom is 0.254 e. The molecule has 1 aromatic rings. The van der Waals surface area contributed by atoms with E-state index in [1.807, 2.05) is 36.9 Å². The lowest BCUT2D eigenvalue weighted by Gasteiger charge is -2.38. The summed E-state index contributed by atoms with van der Waals surface area (Å²) in [5.41, 5.74) is 2.82. The van der Waals surface area contributed by atoms with Crippen molar-refractivity contribution in [1.82, 2.24) is 9.80 Å². The van der Waals surface area contributed by atoms with Gasteiger partial charge in [0, 0.05) is 31.2 Å². The minimum atomic E-state index is -0.153. The van der Waals surface area contributed by atoms with Gasteiger partial charge in [-0.2, -0.15) is 5.26 Å². The van der Waals surface area contributed by atoms with E-state index in [4.69, 9.17) is 0 Å². The van der Waals surface area contributed by atoms with E-state index in [0.717, 1.165) is 29.8 Å². The summed E-state index contributed by atoms with van der Waals surface area (Å²) in [6.07, 6.45) is 2.39. The van der Waals surface area contributed by atoms with Crippen molar-refractivity contribution < 1.29 is 4.79 Å². The Morgan fingerprint density at radius 2 is 1.90 bits per heavy atom. The highest BCUT2D eigenvalue weighted by atomic mass is 16.2. The number of amides is 1. The van der Waals surface area contributed by atoms with Gasteiger partial charge < -0.3 is 4.90 Å². The van der Waals surface area contributed by atoms with Crippen LogP contribution in [0.5, 0.6) is 0 Å². The van der Waals surface area contributed by atoms with Crippen molar-refractivity contribution in [2.24, 2.45) is 0 Å². The highest BCUT2D eigenvalue weighted by molar-refractivity contribution is 5.97. The Morgan fingerprint density at radius 3 is 2.48 bits per heavy atom. The molecule has 1 unspecified atom stereocenters. The number of hydrogen-bond acceptors (Lipinski definition) is 3. The molecule has 0 N–H and O–H groups in total. The van der Waals surface area contributed by atoms with Crippen molar-refractivity contribution in [3.63, 3.8) is 0 Å². The van der Waals surface area contributed by atoms with Crippen LogP contribution in [-0.2, 0) is 0 Å². The maximum atomic E-state index is 12.8. The van der Waals surface area contributed by atoms with E-state index in [-0.39, 0.29) is 11.9 Å². The Morgan fingerprint density at radius 1 is 1.24 bits per heavy atom. The Bertz CT molecular complexity index is 580. The summed E-state index contributed by atoms with van der Waals surface area (Å²) in [6.45, 7) is 6.02. The van der Waals surface area contributed by atoms with Gasteiger partial charge in [-0.05, 0) is 37.8 Å². The van der Waals surface area contributed by atoms with Crippen molar-refractivity contribution in [1.29, 1.82) is 5.26 Å². The topological polar surface area (TPSA) is 47.3 Å². The van der Waals surface area contributed by atoms with Gasteiger partial charge in [-0.3, -0.25) is 9.69 Å². The molecule has 1 aliphatic carbocycles. The van der Waals surface area contributed by atoms with Crippen molar-refractivity contribution in [3.05, 3.63) is 34.9 Å². The fourth-order valence-electron chi connectivity index (χ4n) is 3.25. The molecule has 1 saturated heterocycles. The quantitative estimate of drug-likeness (QED) is 0.835. The number of piperazine rings is 1. The number of carbonyl (C=O) groups is 1. The molecule has 3 rings (SSSR count). The van der Waals surface area contributed by atoms with E-state index >= 15 is 0 Å². The number of aryl methyl sites for hydroxylation is 2. The average molecular weight is 283 g/mol. The smallest absolute Gasteiger partial charge is 0.254 e. The predicted molar refractivity (Wildman–Crippen MR) is 80.9 cm³/mol. The van der Waals surface area contributed by atoms with Crippen molar-refractivity contribution >= 4 is 5.91 Å². The molecule has 1 aromatic carbocycles. The molecule has 2 aliphatic rings. The van der Waals surface area contributed by atoms with Crippen LogP contribution >= 0.6 is 0 Å². The molecule has 110 valence electrons. The third kappa shape index (κ3) is 2.66. The van der Waals surface area contributed by atoms with Crippen LogP contribution in [0.1, 0.15) is 34.3 Å². The van der Waals surface area contributed by atoms with Gasteiger partial charge in [0.1, 0.15) is 6.04 Å². The van der Waals surface area contributed by atoms with E-state index in [0.29, 0.717) is 12.6 Å². The molecule has 1 saturated carbocycles. The lowest BCUT2D eigenvalue weighted by molar-refractivity contribution is 0.0549. The number of hydrogen-bond donors (Lipinski definition) is 0. The van der Waals surface area contributed by atoms with E-state index in [2.05, 4.69) is 11.0 Å². The molecular weight excluding hydrogens is 262 g/mol. The number of nitrogens with zero attached hydrogens (tertiary/aromatic N) is 3. The van der Waals surface area contributed by atoms with Gasteiger partial charge in [0.05, 0.1) is 6.07 Å². The SMILES string of the molecule is Cc1cccc(C)c1C(=O)N1CCN(C2CC2)C(C#N)C1. The first kappa shape index (κ1) is 14.1. The Labute approximate surface area is 126 Å². The van der Waals surface area contributed by atoms with Gasteiger partial charge in [-0.15, -0.1) is 0 Å². The Kier molecular flexibility index (Phi) is 3.69. The summed E-state index contributed by atoms with van der Waals surface area (Å²) in [7, 11) is 0. The third-order valence-electron chi connectivity index (χ3n) is 4.57. The van der Waals surface area contributed by atoms with E-state index in [9.17, 15) is 10.1 Å². The monoisotopic (exact) mass is 283 g/mol. The lowest BCUT2D eigenvalue weighted by atomic mass is 10.0. The summed E-state index contributed by atoms with van der Waals surface area (Å²) < 4.78 is 0. The standard InChI is InChI=1S/C17H21N3O/c1-12-4-3-5-13(2)16(12)17(21)19-8-9-20(14-6-7-14)15(10-18)11-19/h3-5,14-15H,6-9,11H2,1-2H3. The lowest BCUT2D eigenvalue weighted by Crippen LogP contribution is -2.55. The minimum Gasteiger partial charge on any atom is -0.335 e. The molecule has 0 spiro atoms. The normalized spacial score (nSPS) is 22.9. The second-order valence-corrected chi connectivity index (χ2v) is 6.13. The van der Waals surface area contributed by atoms with Crippen molar-refractivity contribution in [3.8, 4) is 6.07 Å². The number of benzene rings is 1. The van der Waals surface area contributed by atoms with Crippen LogP contribution in [-0.4, -0.2) is 47.4 Å². The molecule has 2 fully saturated rings. The predicted octanol–water partition coefficient (Wildman–Crippen LogP) is 2.12. The van der Waals surface area contributed by atoms with Crippen molar-refractivity contribution in [2.45, 2.75) is 38.8 Å². The van der Waals surface area contributed by atoms with Crippen LogP contribution in [0.4, 0.5) is 0 Å². The zero-order valence-corrected chi connectivity index (χ0v) is 12.7. The number of carbonyl (C=O) groups excluding carboxylic acids is 1. The van der Waals surface area contributed by atoms with E-state index < -0.39 is 0 Å². The molecule has 1 amide bonds. The van der Waals surface area contributed by atoms with Crippen LogP contribution in [0.15, 0.2) is 18.2 Å². The first-order valence-corrected chi connectivity index (χ1v) is 7.62. The van der Waals surface area contributed by atoms with E-state index in [1.54, 1.807) is 0 Å². The summed E-state index contributed by atoms with van der Waals surface area (Å²) in [4.78, 5) is 16.9. The molecule has 0 aromatic heterocycles. The summed E-state index contributed by atoms with van der Waals surface area (Å²) in [5, 5.41) is 9.39. The zero-order chi connectivity index (χ0) is 15.0. The first-order valence-electron chi connectivity index (χ1n) is 7.62. The average Bonchev–Trinajstić information content (AvgIpc) is 3.30. The Balaban J connectivity index is 1.78. The van der Waals surface area contributed by atoms with Gasteiger partial charge in [-0.1, -0.05) is 18.2 Å². The van der Waals surface area contributed by atoms with Gasteiger partial charge in [0.25, 0.3) is 5.91 Å². The van der Waals surface area contributed by atoms with Gasteiger partial charge in [-0.25, -0.2) is 0 Å². The van der Waals surface area contributed by atoms with Crippen LogP contribution in [0.2, 0.25) is 0 Å². The van der Waals surface area contributed by atoms with Gasteiger partial charge >= 0.3 is 0 Å². The zero-order valence-electron chi connectivity index (χ0n) is 12.7. The molecule has 0 bridgehead atoms. The number of rotatable bonds is 2. The van der Waals surface area contributed by atoms with Gasteiger partial charge in [0.2, 0.25) is 0 Å². The highest BCUT2D eigenvalue weighted by Gasteiger charge is 2.38. The first-order chi connectivity index (χ1) is 10.1. The molecule has 1 aliphatic heterocycles. The molecule has 1 heterocycles. The molecular formula is C17H21N3O. The molecule has 0 radical (unpaired) electrons. The second kappa shape index (κ2) is 5.50. The highest BCUT2D eigenvalue weighted by Crippen LogP contribution is 2.30. The summed E-state index contributed by atoms with van der Waals surface area (Å²) in [5.74, 6) is 0.0706. The minimum absolute atomic E-state index is 0.0706. The molecule has 1 atom stereocenters. The van der Waals surface area contributed by atoms with Gasteiger partial charge in [0.15, 0.2) is 0 Å². The summed E-state index contributed by atoms with van der Waals surface area (Å²) >= 11 is 0. The largest absolute Gasteiger partial charge is 0.335 e. The maximum absolute atomic E-state index is 12.8. The fraction of sp³-hybridized carbons (Fsp3) is 0.529. The third-order valence-corrected chi connectivity index (χ3v) is 4.57. The molecule has 4 heteroatoms. The van der Waals surface area contributed by atoms with Crippen LogP contribution in [0.25, 0.3) is 0 Å². The summed E-state index contributed by atoms with van der Waals surface area (Å²) in [6, 6.07) is 8.72. The molecule has 4 nitrogen and oxygen atoms in total. The van der Waals surface area contributed by atoms with Crippen molar-refractivity contribution in [2.75, 3.05) is 19.6 Å². The second-order valence-electron chi connectivity index (χ2n) is 6.13. The van der Waals surface area contributed by atoms with Crippen LogP contribution < -0.4 is 0 Å². The van der Waals surface area contributed by atoms with Crippen LogP contribution in [0.3, 0.4) is 0 Å². The van der Waals surface area contributed by atoms with Crippen LogP contribution in [0, 0.1) is 25.2 Å². The Hall–Kier alpha value is -1.86. The molecule has 21 heavy (non-hydrogen) atoms.